The molecule has 31 heavy (non-hydrogen) atoms. The molecule has 0 fully saturated rings. The van der Waals surface area contributed by atoms with Crippen LogP contribution < -0.4 is 11.2 Å². The van der Waals surface area contributed by atoms with E-state index in [4.69, 9.17) is 11.6 Å². The number of phenols is 1. The number of fused-ring (bicyclic) bond motifs is 1. The van der Waals surface area contributed by atoms with E-state index in [1.807, 2.05) is 0 Å². The Morgan fingerprint density at radius 3 is 2.45 bits per heavy atom. The van der Waals surface area contributed by atoms with Crippen LogP contribution in [0.25, 0.3) is 22.3 Å². The summed E-state index contributed by atoms with van der Waals surface area (Å²) in [5.74, 6) is -1.72. The first-order valence-electron chi connectivity index (χ1n) is 9.09. The third-order valence-corrected chi connectivity index (χ3v) is 5.24. The fourth-order valence-corrected chi connectivity index (χ4v) is 3.54. The van der Waals surface area contributed by atoms with Crippen LogP contribution in [-0.4, -0.2) is 25.0 Å². The minimum absolute atomic E-state index is 0.00504. The maximum atomic E-state index is 14.4. The molecular formula is C22H15ClFN3O4. The summed E-state index contributed by atoms with van der Waals surface area (Å²) in [6.07, 6.45) is 0. The summed E-state index contributed by atoms with van der Waals surface area (Å²) in [5.41, 5.74) is -1.55. The standard InChI is InChI=1S/C22H15ClFN3O4/c1-26-20-15(21(30)27(2)22(26)31)10-14(19(29)12-5-3-4-6-16(12)24)18(25-20)13-9-11(23)7-8-17(13)28/h3-10,28H,1-2H3. The number of aryl methyl sites for hydroxylation is 1. The minimum atomic E-state index is -0.748. The van der Waals surface area contributed by atoms with E-state index in [0.717, 1.165) is 15.2 Å². The van der Waals surface area contributed by atoms with Crippen LogP contribution in [0.4, 0.5) is 4.39 Å². The molecule has 0 saturated carbocycles. The van der Waals surface area contributed by atoms with Gasteiger partial charge in [-0.25, -0.2) is 14.2 Å². The number of phenolic OH excluding ortho intramolecular Hbond substituents is 1. The van der Waals surface area contributed by atoms with Crippen molar-refractivity contribution < 1.29 is 14.3 Å². The molecule has 0 bridgehead atoms. The Hall–Kier alpha value is -3.78. The van der Waals surface area contributed by atoms with Gasteiger partial charge in [-0.05, 0) is 36.4 Å². The Morgan fingerprint density at radius 2 is 1.74 bits per heavy atom. The summed E-state index contributed by atoms with van der Waals surface area (Å²) < 4.78 is 16.4. The monoisotopic (exact) mass is 439 g/mol. The van der Waals surface area contributed by atoms with Gasteiger partial charge >= 0.3 is 5.69 Å². The third-order valence-electron chi connectivity index (χ3n) is 5.01. The molecule has 0 spiro atoms. The van der Waals surface area contributed by atoms with Crippen LogP contribution >= 0.6 is 11.6 Å². The second-order valence-electron chi connectivity index (χ2n) is 6.93. The highest BCUT2D eigenvalue weighted by Crippen LogP contribution is 2.34. The summed E-state index contributed by atoms with van der Waals surface area (Å²) >= 11 is 6.07. The first kappa shape index (κ1) is 20.5. The number of rotatable bonds is 3. The fraction of sp³-hybridized carbons (Fsp3) is 0.0909. The van der Waals surface area contributed by atoms with Crippen LogP contribution in [0, 0.1) is 5.82 Å². The number of pyridine rings is 1. The molecule has 1 N–H and O–H groups in total. The number of benzene rings is 2. The second kappa shape index (κ2) is 7.48. The van der Waals surface area contributed by atoms with Crippen molar-refractivity contribution in [3.63, 3.8) is 0 Å². The fourth-order valence-electron chi connectivity index (χ4n) is 3.37. The Morgan fingerprint density at radius 1 is 1.03 bits per heavy atom. The lowest BCUT2D eigenvalue weighted by atomic mass is 9.96. The van der Waals surface area contributed by atoms with Gasteiger partial charge in [0.25, 0.3) is 5.56 Å². The van der Waals surface area contributed by atoms with Crippen LogP contribution in [0.2, 0.25) is 5.02 Å². The lowest BCUT2D eigenvalue weighted by Gasteiger charge is -2.14. The van der Waals surface area contributed by atoms with Gasteiger partial charge in [-0.3, -0.25) is 18.7 Å². The topological polar surface area (TPSA) is 94.2 Å². The zero-order chi connectivity index (χ0) is 22.4. The smallest absolute Gasteiger partial charge is 0.332 e. The first-order chi connectivity index (χ1) is 14.7. The van der Waals surface area contributed by atoms with Crippen LogP contribution in [0.5, 0.6) is 5.75 Å². The van der Waals surface area contributed by atoms with E-state index in [1.54, 1.807) is 0 Å². The third kappa shape index (κ3) is 3.30. The molecule has 0 radical (unpaired) electrons. The molecule has 0 amide bonds. The van der Waals surface area contributed by atoms with E-state index >= 15 is 0 Å². The van der Waals surface area contributed by atoms with Crippen molar-refractivity contribution in [2.75, 3.05) is 0 Å². The van der Waals surface area contributed by atoms with Gasteiger partial charge in [-0.15, -0.1) is 0 Å². The number of carbonyl (C=O) groups excluding carboxylic acids is 1. The van der Waals surface area contributed by atoms with E-state index in [1.165, 1.54) is 56.6 Å². The maximum absolute atomic E-state index is 14.4. The van der Waals surface area contributed by atoms with E-state index in [-0.39, 0.29) is 44.2 Å². The summed E-state index contributed by atoms with van der Waals surface area (Å²) in [5, 5.41) is 10.7. The molecule has 4 rings (SSSR count). The molecule has 4 aromatic rings. The lowest BCUT2D eigenvalue weighted by molar-refractivity contribution is 0.103. The summed E-state index contributed by atoms with van der Waals surface area (Å²) in [4.78, 5) is 42.7. The van der Waals surface area contributed by atoms with Crippen molar-refractivity contribution in [3.8, 4) is 17.0 Å². The Bertz CT molecular complexity index is 1510. The summed E-state index contributed by atoms with van der Waals surface area (Å²) in [6.45, 7) is 0. The minimum Gasteiger partial charge on any atom is -0.507 e. The predicted molar refractivity (Wildman–Crippen MR) is 114 cm³/mol. The Balaban J connectivity index is 2.16. The van der Waals surface area contributed by atoms with Crippen LogP contribution in [-0.2, 0) is 14.1 Å². The highest BCUT2D eigenvalue weighted by atomic mass is 35.5. The molecule has 2 aromatic heterocycles. The van der Waals surface area contributed by atoms with Gasteiger partial charge in [0.1, 0.15) is 17.2 Å². The van der Waals surface area contributed by atoms with Gasteiger partial charge in [0.05, 0.1) is 22.2 Å². The predicted octanol–water partition coefficient (Wildman–Crippen LogP) is 3.03. The number of aromatic hydroxyl groups is 1. The number of ketones is 1. The summed E-state index contributed by atoms with van der Waals surface area (Å²) in [6, 6.07) is 10.8. The molecule has 2 heterocycles. The summed E-state index contributed by atoms with van der Waals surface area (Å²) in [7, 11) is 2.73. The highest BCUT2D eigenvalue weighted by Gasteiger charge is 2.24. The number of halogens is 2. The van der Waals surface area contributed by atoms with E-state index in [9.17, 15) is 23.9 Å². The maximum Gasteiger partial charge on any atom is 0.332 e. The zero-order valence-electron chi connectivity index (χ0n) is 16.4. The van der Waals surface area contributed by atoms with Crippen molar-refractivity contribution in [2.24, 2.45) is 14.1 Å². The number of hydrogen-bond acceptors (Lipinski definition) is 5. The average molecular weight is 440 g/mol. The molecule has 0 aliphatic carbocycles. The van der Waals surface area contributed by atoms with Gasteiger partial charge < -0.3 is 5.11 Å². The van der Waals surface area contributed by atoms with Crippen molar-refractivity contribution >= 4 is 28.4 Å². The molecule has 2 aromatic carbocycles. The van der Waals surface area contributed by atoms with Crippen molar-refractivity contribution in [1.29, 1.82) is 0 Å². The number of aromatic nitrogens is 3. The molecule has 7 nitrogen and oxygen atoms in total. The number of carbonyl (C=O) groups is 1. The van der Waals surface area contributed by atoms with Gasteiger partial charge in [0.15, 0.2) is 5.78 Å². The molecular weight excluding hydrogens is 425 g/mol. The lowest BCUT2D eigenvalue weighted by Crippen LogP contribution is -2.37. The molecule has 0 aliphatic heterocycles. The normalized spacial score (nSPS) is 11.1. The molecule has 0 saturated heterocycles. The van der Waals surface area contributed by atoms with Gasteiger partial charge in [-0.2, -0.15) is 0 Å². The molecule has 0 atom stereocenters. The Kier molecular flexibility index (Phi) is 4.94. The zero-order valence-corrected chi connectivity index (χ0v) is 17.1. The van der Waals surface area contributed by atoms with Crippen molar-refractivity contribution in [3.05, 3.63) is 91.3 Å². The van der Waals surface area contributed by atoms with E-state index in [0.29, 0.717) is 0 Å². The Labute approximate surface area is 179 Å². The number of nitrogens with zero attached hydrogens (tertiary/aromatic N) is 3. The van der Waals surface area contributed by atoms with Gasteiger partial charge in [-0.1, -0.05) is 23.7 Å². The quantitative estimate of drug-likeness (QED) is 0.495. The molecule has 0 aliphatic rings. The second-order valence-corrected chi connectivity index (χ2v) is 7.37. The average Bonchev–Trinajstić information content (AvgIpc) is 2.77. The van der Waals surface area contributed by atoms with E-state index in [2.05, 4.69) is 4.98 Å². The van der Waals surface area contributed by atoms with Crippen LogP contribution in [0.3, 0.4) is 0 Å². The molecule has 0 unspecified atom stereocenters. The van der Waals surface area contributed by atoms with Gasteiger partial charge in [0, 0.05) is 24.7 Å². The number of hydrogen-bond donors (Lipinski definition) is 1. The van der Waals surface area contributed by atoms with Crippen molar-refractivity contribution in [1.82, 2.24) is 14.1 Å². The van der Waals surface area contributed by atoms with Gasteiger partial charge in [0.2, 0.25) is 0 Å². The molecule has 156 valence electrons. The van der Waals surface area contributed by atoms with E-state index < -0.39 is 22.8 Å². The van der Waals surface area contributed by atoms with Crippen LogP contribution in [0.1, 0.15) is 15.9 Å². The SMILES string of the molecule is Cn1c(=O)c2cc(C(=O)c3ccccc3F)c(-c3cc(Cl)ccc3O)nc2n(C)c1=O. The van der Waals surface area contributed by atoms with Crippen LogP contribution in [0.15, 0.2) is 58.1 Å². The first-order valence-corrected chi connectivity index (χ1v) is 9.47. The van der Waals surface area contributed by atoms with Crippen molar-refractivity contribution in [2.45, 2.75) is 0 Å². The molecule has 9 heteroatoms. The highest BCUT2D eigenvalue weighted by molar-refractivity contribution is 6.31. The largest absolute Gasteiger partial charge is 0.507 e.